The number of aryl methyl sites for hydroxylation is 1. The second-order valence-corrected chi connectivity index (χ2v) is 6.69. The second kappa shape index (κ2) is 6.60. The van der Waals surface area contributed by atoms with Crippen LogP contribution in [-0.4, -0.2) is 43.1 Å². The van der Waals surface area contributed by atoms with Crippen molar-refractivity contribution in [2.75, 3.05) is 20.2 Å². The molecule has 1 atom stereocenters. The average molecular weight is 316 g/mol. The SMILES string of the molecule is Cc1cccc([C@H]2C[C@H](N(C)C(=O)[C@@H]3CCOC(=O)NC3)C2)c1. The van der Waals surface area contributed by atoms with Crippen molar-refractivity contribution < 1.29 is 14.3 Å². The highest BCUT2D eigenvalue weighted by molar-refractivity contribution is 5.80. The van der Waals surface area contributed by atoms with Gasteiger partial charge in [-0.3, -0.25) is 4.79 Å². The Bertz CT molecular complexity index is 596. The fourth-order valence-corrected chi connectivity index (χ4v) is 3.43. The first-order valence-corrected chi connectivity index (χ1v) is 8.28. The molecule has 2 amide bonds. The van der Waals surface area contributed by atoms with Gasteiger partial charge in [0.2, 0.25) is 5.91 Å². The third-order valence-corrected chi connectivity index (χ3v) is 5.06. The molecular weight excluding hydrogens is 292 g/mol. The molecule has 1 N–H and O–H groups in total. The van der Waals surface area contributed by atoms with E-state index in [0.29, 0.717) is 31.5 Å². The lowest BCUT2D eigenvalue weighted by Gasteiger charge is -2.42. The van der Waals surface area contributed by atoms with Crippen LogP contribution in [-0.2, 0) is 9.53 Å². The topological polar surface area (TPSA) is 58.6 Å². The van der Waals surface area contributed by atoms with E-state index in [-0.39, 0.29) is 11.8 Å². The molecule has 1 saturated carbocycles. The van der Waals surface area contributed by atoms with Gasteiger partial charge in [0.1, 0.15) is 0 Å². The lowest BCUT2D eigenvalue weighted by atomic mass is 9.74. The fourth-order valence-electron chi connectivity index (χ4n) is 3.43. The number of benzene rings is 1. The summed E-state index contributed by atoms with van der Waals surface area (Å²) >= 11 is 0. The maximum atomic E-state index is 12.6. The number of nitrogens with zero attached hydrogens (tertiary/aromatic N) is 1. The van der Waals surface area contributed by atoms with E-state index in [2.05, 4.69) is 36.5 Å². The van der Waals surface area contributed by atoms with E-state index in [9.17, 15) is 9.59 Å². The predicted molar refractivity (Wildman–Crippen MR) is 87.2 cm³/mol. The van der Waals surface area contributed by atoms with Gasteiger partial charge in [0.25, 0.3) is 0 Å². The molecule has 5 nitrogen and oxygen atoms in total. The molecule has 0 spiro atoms. The van der Waals surface area contributed by atoms with Crippen molar-refractivity contribution in [3.05, 3.63) is 35.4 Å². The Morgan fingerprint density at radius 1 is 1.35 bits per heavy atom. The number of rotatable bonds is 3. The van der Waals surface area contributed by atoms with E-state index in [0.717, 1.165) is 12.8 Å². The van der Waals surface area contributed by atoms with Gasteiger partial charge >= 0.3 is 6.09 Å². The van der Waals surface area contributed by atoms with Gasteiger partial charge in [-0.15, -0.1) is 0 Å². The van der Waals surface area contributed by atoms with Gasteiger partial charge in [0.05, 0.1) is 12.5 Å². The molecule has 1 aliphatic carbocycles. The standard InChI is InChI=1S/C18H24N2O3/c1-12-4-3-5-13(8-12)15-9-16(10-15)20(2)17(21)14-6-7-23-18(22)19-11-14/h3-5,8,14-16H,6-7,9-11H2,1-2H3,(H,19,22)/t14-,15-,16-/m1/s1. The Labute approximate surface area is 137 Å². The van der Waals surface area contributed by atoms with Crippen LogP contribution in [0.2, 0.25) is 0 Å². The summed E-state index contributed by atoms with van der Waals surface area (Å²) in [6, 6.07) is 8.92. The van der Waals surface area contributed by atoms with Crippen LogP contribution in [0.4, 0.5) is 4.79 Å². The van der Waals surface area contributed by atoms with Crippen molar-refractivity contribution in [3.8, 4) is 0 Å². The molecule has 0 aromatic heterocycles. The minimum atomic E-state index is -0.425. The molecule has 124 valence electrons. The van der Waals surface area contributed by atoms with Crippen molar-refractivity contribution in [1.82, 2.24) is 10.2 Å². The van der Waals surface area contributed by atoms with Gasteiger partial charge < -0.3 is 15.0 Å². The molecule has 1 saturated heterocycles. The molecule has 2 fully saturated rings. The zero-order valence-corrected chi connectivity index (χ0v) is 13.7. The highest BCUT2D eigenvalue weighted by Crippen LogP contribution is 2.40. The molecule has 5 heteroatoms. The Morgan fingerprint density at radius 2 is 2.13 bits per heavy atom. The number of cyclic esters (lactones) is 1. The summed E-state index contributed by atoms with van der Waals surface area (Å²) in [5.41, 5.74) is 2.65. The summed E-state index contributed by atoms with van der Waals surface area (Å²) in [5.74, 6) is 0.486. The number of ether oxygens (including phenoxy) is 1. The van der Waals surface area contributed by atoms with Gasteiger partial charge in [-0.05, 0) is 37.7 Å². The monoisotopic (exact) mass is 316 g/mol. The maximum absolute atomic E-state index is 12.6. The van der Waals surface area contributed by atoms with E-state index in [1.54, 1.807) is 0 Å². The first-order valence-electron chi connectivity index (χ1n) is 8.28. The zero-order valence-electron chi connectivity index (χ0n) is 13.7. The molecule has 0 bridgehead atoms. The van der Waals surface area contributed by atoms with Crippen molar-refractivity contribution >= 4 is 12.0 Å². The van der Waals surface area contributed by atoms with Gasteiger partial charge in [-0.1, -0.05) is 29.8 Å². The summed E-state index contributed by atoms with van der Waals surface area (Å²) in [6.07, 6.45) is 2.20. The molecule has 2 aliphatic rings. The molecule has 3 rings (SSSR count). The highest BCUT2D eigenvalue weighted by Gasteiger charge is 2.37. The first-order chi connectivity index (χ1) is 11.0. The lowest BCUT2D eigenvalue weighted by Crippen LogP contribution is -2.48. The zero-order chi connectivity index (χ0) is 16.4. The maximum Gasteiger partial charge on any atom is 0.407 e. The number of amides is 2. The quantitative estimate of drug-likeness (QED) is 0.932. The lowest BCUT2D eigenvalue weighted by molar-refractivity contribution is -0.138. The van der Waals surface area contributed by atoms with Gasteiger partial charge in [0.15, 0.2) is 0 Å². The van der Waals surface area contributed by atoms with Gasteiger partial charge in [0, 0.05) is 19.6 Å². The predicted octanol–water partition coefficient (Wildman–Crippen LogP) is 2.45. The number of alkyl carbamates (subject to hydrolysis) is 1. The molecule has 1 aromatic rings. The normalized spacial score (nSPS) is 27.2. The van der Waals surface area contributed by atoms with Crippen LogP contribution in [0.1, 0.15) is 36.3 Å². The van der Waals surface area contributed by atoms with Crippen molar-refractivity contribution in [2.24, 2.45) is 5.92 Å². The molecule has 0 radical (unpaired) electrons. The summed E-state index contributed by atoms with van der Waals surface area (Å²) in [5, 5.41) is 2.64. The van der Waals surface area contributed by atoms with Crippen LogP contribution in [0, 0.1) is 12.8 Å². The van der Waals surface area contributed by atoms with Gasteiger partial charge in [-0.2, -0.15) is 0 Å². The van der Waals surface area contributed by atoms with Gasteiger partial charge in [-0.25, -0.2) is 4.79 Å². The van der Waals surface area contributed by atoms with Crippen molar-refractivity contribution in [1.29, 1.82) is 0 Å². The molecule has 1 aliphatic heterocycles. The minimum absolute atomic E-state index is 0.114. The number of nitrogens with one attached hydrogen (secondary N) is 1. The Hall–Kier alpha value is -2.04. The number of hydrogen-bond donors (Lipinski definition) is 1. The highest BCUT2D eigenvalue weighted by atomic mass is 16.5. The minimum Gasteiger partial charge on any atom is -0.450 e. The fraction of sp³-hybridized carbons (Fsp3) is 0.556. The summed E-state index contributed by atoms with van der Waals surface area (Å²) in [4.78, 5) is 25.7. The van der Waals surface area contributed by atoms with E-state index >= 15 is 0 Å². The summed E-state index contributed by atoms with van der Waals surface area (Å²) in [6.45, 7) is 2.79. The van der Waals surface area contributed by atoms with E-state index < -0.39 is 6.09 Å². The van der Waals surface area contributed by atoms with E-state index in [1.165, 1.54) is 11.1 Å². The second-order valence-electron chi connectivity index (χ2n) is 6.69. The van der Waals surface area contributed by atoms with Crippen LogP contribution >= 0.6 is 0 Å². The Morgan fingerprint density at radius 3 is 2.87 bits per heavy atom. The third-order valence-electron chi connectivity index (χ3n) is 5.06. The average Bonchev–Trinajstić information content (AvgIpc) is 2.69. The largest absolute Gasteiger partial charge is 0.450 e. The van der Waals surface area contributed by atoms with Crippen LogP contribution < -0.4 is 5.32 Å². The molecular formula is C18H24N2O3. The number of carbonyl (C=O) groups excluding carboxylic acids is 2. The first kappa shape index (κ1) is 15.8. The molecule has 23 heavy (non-hydrogen) atoms. The summed E-state index contributed by atoms with van der Waals surface area (Å²) in [7, 11) is 1.88. The van der Waals surface area contributed by atoms with Crippen LogP contribution in [0.15, 0.2) is 24.3 Å². The van der Waals surface area contributed by atoms with Crippen molar-refractivity contribution in [3.63, 3.8) is 0 Å². The van der Waals surface area contributed by atoms with E-state index in [4.69, 9.17) is 4.74 Å². The van der Waals surface area contributed by atoms with E-state index in [1.807, 2.05) is 11.9 Å². The number of carbonyl (C=O) groups is 2. The van der Waals surface area contributed by atoms with Crippen LogP contribution in [0.25, 0.3) is 0 Å². The van der Waals surface area contributed by atoms with Crippen LogP contribution in [0.5, 0.6) is 0 Å². The third kappa shape index (κ3) is 3.49. The summed E-state index contributed by atoms with van der Waals surface area (Å²) < 4.78 is 4.93. The molecule has 1 aromatic carbocycles. The Kier molecular flexibility index (Phi) is 4.55. The molecule has 1 heterocycles. The van der Waals surface area contributed by atoms with Crippen molar-refractivity contribution in [2.45, 2.75) is 38.1 Å². The smallest absolute Gasteiger partial charge is 0.407 e. The Balaban J connectivity index is 1.54. The molecule has 0 unspecified atom stereocenters. The number of hydrogen-bond acceptors (Lipinski definition) is 3. The van der Waals surface area contributed by atoms with Crippen LogP contribution in [0.3, 0.4) is 0 Å².